The Morgan fingerprint density at radius 1 is 1.47 bits per heavy atom. The van der Waals surface area contributed by atoms with E-state index in [0.29, 0.717) is 0 Å². The van der Waals surface area contributed by atoms with E-state index in [1.54, 1.807) is 0 Å². The van der Waals surface area contributed by atoms with Crippen LogP contribution in [0.25, 0.3) is 0 Å². The Bertz CT molecular complexity index is 444. The van der Waals surface area contributed by atoms with Crippen molar-refractivity contribution >= 4 is 5.69 Å². The van der Waals surface area contributed by atoms with Crippen molar-refractivity contribution in [1.29, 1.82) is 0 Å². The lowest BCUT2D eigenvalue weighted by atomic mass is 10.1. The molecule has 106 valence electrons. The molecule has 2 heterocycles. The van der Waals surface area contributed by atoms with Crippen LogP contribution in [-0.4, -0.2) is 48.5 Å². The summed E-state index contributed by atoms with van der Waals surface area (Å²) in [6.45, 7) is 8.55. The summed E-state index contributed by atoms with van der Waals surface area (Å²) in [6, 6.07) is 0. The van der Waals surface area contributed by atoms with Gasteiger partial charge in [0.25, 0.3) is 0 Å². The Labute approximate surface area is 116 Å². The molecule has 2 rings (SSSR count). The van der Waals surface area contributed by atoms with Crippen molar-refractivity contribution in [2.24, 2.45) is 5.92 Å². The zero-order valence-electron chi connectivity index (χ0n) is 12.6. The quantitative estimate of drug-likeness (QED) is 0.896. The monoisotopic (exact) mass is 262 g/mol. The third-order valence-electron chi connectivity index (χ3n) is 4.15. The SMILES string of the molecule is Cc1cnc(CN(C)CC2CCN(C)C2)c(C)c1N. The van der Waals surface area contributed by atoms with E-state index >= 15 is 0 Å². The van der Waals surface area contributed by atoms with Gasteiger partial charge in [-0.05, 0) is 58.0 Å². The molecule has 0 aliphatic carbocycles. The smallest absolute Gasteiger partial charge is 0.0593 e. The van der Waals surface area contributed by atoms with Gasteiger partial charge in [-0.25, -0.2) is 0 Å². The Balaban J connectivity index is 1.95. The van der Waals surface area contributed by atoms with Gasteiger partial charge in [0.1, 0.15) is 0 Å². The first-order valence-corrected chi connectivity index (χ1v) is 7.05. The standard InChI is InChI=1S/C15H26N4/c1-11-7-17-14(12(2)15(11)16)10-19(4)9-13-5-6-18(3)8-13/h7,13H,5-6,8-10H2,1-4H3,(H2,16,17). The summed E-state index contributed by atoms with van der Waals surface area (Å²) in [5.74, 6) is 0.790. The second-order valence-corrected chi connectivity index (χ2v) is 6.04. The van der Waals surface area contributed by atoms with Crippen LogP contribution in [0.2, 0.25) is 0 Å². The van der Waals surface area contributed by atoms with E-state index < -0.39 is 0 Å². The lowest BCUT2D eigenvalue weighted by Gasteiger charge is -2.22. The van der Waals surface area contributed by atoms with Gasteiger partial charge >= 0.3 is 0 Å². The van der Waals surface area contributed by atoms with Gasteiger partial charge in [-0.1, -0.05) is 0 Å². The average Bonchev–Trinajstić information content (AvgIpc) is 2.75. The molecule has 0 amide bonds. The number of anilines is 1. The molecule has 1 unspecified atom stereocenters. The van der Waals surface area contributed by atoms with E-state index in [2.05, 4.69) is 35.8 Å². The molecule has 0 radical (unpaired) electrons. The molecule has 2 N–H and O–H groups in total. The zero-order valence-corrected chi connectivity index (χ0v) is 12.6. The molecule has 1 aromatic heterocycles. The molecule has 1 aliphatic rings. The van der Waals surface area contributed by atoms with Gasteiger partial charge in [-0.3, -0.25) is 4.98 Å². The van der Waals surface area contributed by atoms with Gasteiger partial charge in [-0.15, -0.1) is 0 Å². The minimum atomic E-state index is 0.790. The summed E-state index contributed by atoms with van der Waals surface area (Å²) in [4.78, 5) is 9.31. The fourth-order valence-corrected chi connectivity index (χ4v) is 2.89. The van der Waals surface area contributed by atoms with Crippen LogP contribution in [0, 0.1) is 19.8 Å². The maximum absolute atomic E-state index is 6.08. The Morgan fingerprint density at radius 3 is 2.84 bits per heavy atom. The van der Waals surface area contributed by atoms with Crippen molar-refractivity contribution in [1.82, 2.24) is 14.8 Å². The Hall–Kier alpha value is -1.13. The molecule has 1 saturated heterocycles. The summed E-state index contributed by atoms with van der Waals surface area (Å²) < 4.78 is 0. The largest absolute Gasteiger partial charge is 0.398 e. The maximum Gasteiger partial charge on any atom is 0.0593 e. The summed E-state index contributed by atoms with van der Waals surface area (Å²) in [5.41, 5.74) is 10.3. The first-order chi connectivity index (χ1) is 8.97. The second kappa shape index (κ2) is 5.88. The first kappa shape index (κ1) is 14.3. The number of likely N-dealkylation sites (tertiary alicyclic amines) is 1. The van der Waals surface area contributed by atoms with Crippen molar-refractivity contribution in [3.63, 3.8) is 0 Å². The van der Waals surface area contributed by atoms with E-state index in [1.165, 1.54) is 19.5 Å². The van der Waals surface area contributed by atoms with Gasteiger partial charge in [-0.2, -0.15) is 0 Å². The lowest BCUT2D eigenvalue weighted by Crippen LogP contribution is -2.27. The molecular formula is C15H26N4. The van der Waals surface area contributed by atoms with Gasteiger partial charge in [0.2, 0.25) is 0 Å². The summed E-state index contributed by atoms with van der Waals surface area (Å²) >= 11 is 0. The molecule has 0 bridgehead atoms. The predicted octanol–water partition coefficient (Wildman–Crippen LogP) is 1.66. The van der Waals surface area contributed by atoms with Gasteiger partial charge in [0.15, 0.2) is 0 Å². The third-order valence-corrected chi connectivity index (χ3v) is 4.15. The fourth-order valence-electron chi connectivity index (χ4n) is 2.89. The van der Waals surface area contributed by atoms with Crippen LogP contribution in [0.15, 0.2) is 6.20 Å². The lowest BCUT2D eigenvalue weighted by molar-refractivity contribution is 0.264. The highest BCUT2D eigenvalue weighted by atomic mass is 15.2. The average molecular weight is 262 g/mol. The summed E-state index contributed by atoms with van der Waals surface area (Å²) in [6.07, 6.45) is 3.19. The van der Waals surface area contributed by atoms with Gasteiger partial charge in [0, 0.05) is 31.5 Å². The Morgan fingerprint density at radius 2 is 2.21 bits per heavy atom. The minimum absolute atomic E-state index is 0.790. The zero-order chi connectivity index (χ0) is 14.0. The summed E-state index contributed by atoms with van der Waals surface area (Å²) in [5, 5.41) is 0. The molecule has 1 fully saturated rings. The number of nitrogen functional groups attached to an aromatic ring is 1. The molecular weight excluding hydrogens is 236 g/mol. The van der Waals surface area contributed by atoms with Crippen molar-refractivity contribution in [2.75, 3.05) is 39.5 Å². The Kier molecular flexibility index (Phi) is 4.42. The number of rotatable bonds is 4. The summed E-state index contributed by atoms with van der Waals surface area (Å²) in [7, 11) is 4.38. The molecule has 1 aliphatic heterocycles. The van der Waals surface area contributed by atoms with Crippen LogP contribution >= 0.6 is 0 Å². The molecule has 4 heteroatoms. The molecule has 1 aromatic rings. The minimum Gasteiger partial charge on any atom is -0.398 e. The van der Waals surface area contributed by atoms with Crippen molar-refractivity contribution in [3.05, 3.63) is 23.0 Å². The van der Waals surface area contributed by atoms with Crippen LogP contribution in [0.1, 0.15) is 23.2 Å². The van der Waals surface area contributed by atoms with Crippen molar-refractivity contribution in [3.8, 4) is 0 Å². The first-order valence-electron chi connectivity index (χ1n) is 7.05. The van der Waals surface area contributed by atoms with E-state index in [1.807, 2.05) is 13.1 Å². The number of hydrogen-bond donors (Lipinski definition) is 1. The molecule has 0 spiro atoms. The van der Waals surface area contributed by atoms with E-state index in [0.717, 1.165) is 41.5 Å². The predicted molar refractivity (Wildman–Crippen MR) is 80.1 cm³/mol. The highest BCUT2D eigenvalue weighted by molar-refractivity contribution is 5.53. The number of pyridine rings is 1. The number of aromatic nitrogens is 1. The van der Waals surface area contributed by atoms with Crippen LogP contribution in [0.5, 0.6) is 0 Å². The number of nitrogens with two attached hydrogens (primary N) is 1. The highest BCUT2D eigenvalue weighted by Gasteiger charge is 2.21. The molecule has 0 aromatic carbocycles. The highest BCUT2D eigenvalue weighted by Crippen LogP contribution is 2.20. The van der Waals surface area contributed by atoms with Gasteiger partial charge < -0.3 is 15.5 Å². The second-order valence-electron chi connectivity index (χ2n) is 6.04. The van der Waals surface area contributed by atoms with Crippen LogP contribution in [-0.2, 0) is 6.54 Å². The number of nitrogens with zero attached hydrogens (tertiary/aromatic N) is 3. The normalized spacial score (nSPS) is 20.4. The van der Waals surface area contributed by atoms with E-state index in [-0.39, 0.29) is 0 Å². The topological polar surface area (TPSA) is 45.4 Å². The number of hydrogen-bond acceptors (Lipinski definition) is 4. The fraction of sp³-hybridized carbons (Fsp3) is 0.667. The molecule has 4 nitrogen and oxygen atoms in total. The van der Waals surface area contributed by atoms with E-state index in [9.17, 15) is 0 Å². The molecule has 19 heavy (non-hydrogen) atoms. The van der Waals surface area contributed by atoms with E-state index in [4.69, 9.17) is 5.73 Å². The van der Waals surface area contributed by atoms with Crippen LogP contribution in [0.3, 0.4) is 0 Å². The molecule has 0 saturated carbocycles. The van der Waals surface area contributed by atoms with Crippen LogP contribution < -0.4 is 5.73 Å². The third kappa shape index (κ3) is 3.45. The maximum atomic E-state index is 6.08. The molecule has 1 atom stereocenters. The van der Waals surface area contributed by atoms with Crippen molar-refractivity contribution in [2.45, 2.75) is 26.8 Å². The number of aryl methyl sites for hydroxylation is 1. The van der Waals surface area contributed by atoms with Gasteiger partial charge in [0.05, 0.1) is 5.69 Å². The van der Waals surface area contributed by atoms with Crippen molar-refractivity contribution < 1.29 is 0 Å². The van der Waals surface area contributed by atoms with Crippen LogP contribution in [0.4, 0.5) is 5.69 Å².